The highest BCUT2D eigenvalue weighted by Crippen LogP contribution is 2.13. The molecule has 0 N–H and O–H groups in total. The Balaban J connectivity index is 2.53. The molecule has 0 spiro atoms. The zero-order valence-electron chi connectivity index (χ0n) is 7.41. The number of nitrogens with zero attached hydrogens (tertiary/aromatic N) is 1. The fourth-order valence-electron chi connectivity index (χ4n) is 1.26. The first kappa shape index (κ1) is 10.1. The van der Waals surface area contributed by atoms with Crippen molar-refractivity contribution in [2.45, 2.75) is 12.8 Å². The van der Waals surface area contributed by atoms with Gasteiger partial charge in [0.25, 0.3) is 0 Å². The Hall–Kier alpha value is -1.00. The van der Waals surface area contributed by atoms with Crippen molar-refractivity contribution in [2.75, 3.05) is 5.88 Å². The molecule has 0 bridgehead atoms. The van der Waals surface area contributed by atoms with Crippen LogP contribution in [0.25, 0.3) is 0 Å². The van der Waals surface area contributed by atoms with Gasteiger partial charge in [0.05, 0.1) is 6.07 Å². The van der Waals surface area contributed by atoms with Gasteiger partial charge in [-0.05, 0) is 17.9 Å². The lowest BCUT2D eigenvalue weighted by Gasteiger charge is -2.08. The van der Waals surface area contributed by atoms with Gasteiger partial charge in [0.15, 0.2) is 0 Å². The van der Waals surface area contributed by atoms with Crippen LogP contribution < -0.4 is 0 Å². The summed E-state index contributed by atoms with van der Waals surface area (Å²) < 4.78 is 0. The van der Waals surface area contributed by atoms with Crippen LogP contribution in [-0.2, 0) is 6.42 Å². The summed E-state index contributed by atoms with van der Waals surface area (Å²) in [5, 5.41) is 8.54. The van der Waals surface area contributed by atoms with E-state index < -0.39 is 0 Å². The summed E-state index contributed by atoms with van der Waals surface area (Å²) in [5.41, 5.74) is 1.25. The molecule has 13 heavy (non-hydrogen) atoms. The Morgan fingerprint density at radius 2 is 2.00 bits per heavy atom. The third-order valence-corrected chi connectivity index (χ3v) is 2.40. The molecule has 0 radical (unpaired) electrons. The van der Waals surface area contributed by atoms with E-state index in [0.717, 1.165) is 6.42 Å². The molecule has 2 heteroatoms. The number of hydrogen-bond donors (Lipinski definition) is 0. The SMILES string of the molecule is N#CCC(CCl)Cc1ccccc1. The van der Waals surface area contributed by atoms with Crippen molar-refractivity contribution < 1.29 is 0 Å². The van der Waals surface area contributed by atoms with Gasteiger partial charge in [-0.3, -0.25) is 0 Å². The van der Waals surface area contributed by atoms with E-state index in [-0.39, 0.29) is 5.92 Å². The van der Waals surface area contributed by atoms with Gasteiger partial charge in [-0.15, -0.1) is 11.6 Å². The maximum Gasteiger partial charge on any atom is 0.0625 e. The smallest absolute Gasteiger partial charge is 0.0625 e. The lowest BCUT2D eigenvalue weighted by Crippen LogP contribution is -2.05. The number of alkyl halides is 1. The van der Waals surface area contributed by atoms with Crippen molar-refractivity contribution in [3.63, 3.8) is 0 Å². The summed E-state index contributed by atoms with van der Waals surface area (Å²) in [7, 11) is 0. The van der Waals surface area contributed by atoms with Crippen LogP contribution in [0.4, 0.5) is 0 Å². The zero-order valence-corrected chi connectivity index (χ0v) is 8.17. The molecule has 1 aromatic carbocycles. The number of nitriles is 1. The Labute approximate surface area is 84.0 Å². The quantitative estimate of drug-likeness (QED) is 0.675. The third kappa shape index (κ3) is 3.48. The van der Waals surface area contributed by atoms with Crippen LogP contribution in [0.1, 0.15) is 12.0 Å². The normalized spacial score (nSPS) is 12.0. The van der Waals surface area contributed by atoms with Crippen molar-refractivity contribution in [2.24, 2.45) is 5.92 Å². The topological polar surface area (TPSA) is 23.8 Å². The van der Waals surface area contributed by atoms with Crippen LogP contribution in [0.2, 0.25) is 0 Å². The van der Waals surface area contributed by atoms with E-state index in [1.54, 1.807) is 0 Å². The molecule has 1 aromatic rings. The highest BCUT2D eigenvalue weighted by atomic mass is 35.5. The average molecular weight is 194 g/mol. The van der Waals surface area contributed by atoms with Crippen LogP contribution in [0.15, 0.2) is 30.3 Å². The molecule has 0 aliphatic rings. The van der Waals surface area contributed by atoms with Crippen molar-refractivity contribution in [1.82, 2.24) is 0 Å². The minimum Gasteiger partial charge on any atom is -0.198 e. The Morgan fingerprint density at radius 1 is 1.31 bits per heavy atom. The van der Waals surface area contributed by atoms with Gasteiger partial charge in [0, 0.05) is 12.3 Å². The first-order chi connectivity index (χ1) is 6.36. The fourth-order valence-corrected chi connectivity index (χ4v) is 1.48. The van der Waals surface area contributed by atoms with Gasteiger partial charge in [-0.2, -0.15) is 5.26 Å². The van der Waals surface area contributed by atoms with E-state index in [9.17, 15) is 0 Å². The third-order valence-electron chi connectivity index (χ3n) is 1.97. The monoisotopic (exact) mass is 193 g/mol. The van der Waals surface area contributed by atoms with Gasteiger partial charge in [-0.1, -0.05) is 30.3 Å². The highest BCUT2D eigenvalue weighted by Gasteiger charge is 2.07. The molecule has 0 saturated carbocycles. The standard InChI is InChI=1S/C11H12ClN/c12-9-11(6-7-13)8-10-4-2-1-3-5-10/h1-5,11H,6,8-9H2. The second-order valence-electron chi connectivity index (χ2n) is 3.07. The second-order valence-corrected chi connectivity index (χ2v) is 3.38. The molecule has 1 nitrogen and oxygen atoms in total. The minimum absolute atomic E-state index is 0.286. The molecule has 0 aromatic heterocycles. The molecule has 0 amide bonds. The molecule has 0 fully saturated rings. The van der Waals surface area contributed by atoms with E-state index in [4.69, 9.17) is 16.9 Å². The predicted molar refractivity (Wildman–Crippen MR) is 54.6 cm³/mol. The van der Waals surface area contributed by atoms with Crippen LogP contribution in [-0.4, -0.2) is 5.88 Å². The van der Waals surface area contributed by atoms with Crippen molar-refractivity contribution in [3.8, 4) is 6.07 Å². The summed E-state index contributed by atoms with van der Waals surface area (Å²) in [6, 6.07) is 12.3. The van der Waals surface area contributed by atoms with Gasteiger partial charge >= 0.3 is 0 Å². The average Bonchev–Trinajstić information content (AvgIpc) is 2.19. The van der Waals surface area contributed by atoms with E-state index in [0.29, 0.717) is 12.3 Å². The van der Waals surface area contributed by atoms with Crippen molar-refractivity contribution >= 4 is 11.6 Å². The number of rotatable bonds is 4. The maximum atomic E-state index is 8.54. The predicted octanol–water partition coefficient (Wildman–Crippen LogP) is 3.00. The fraction of sp³-hybridized carbons (Fsp3) is 0.364. The summed E-state index contributed by atoms with van der Waals surface area (Å²) in [4.78, 5) is 0. The van der Waals surface area contributed by atoms with E-state index in [2.05, 4.69) is 18.2 Å². The summed E-state index contributed by atoms with van der Waals surface area (Å²) in [6.45, 7) is 0. The van der Waals surface area contributed by atoms with Gasteiger partial charge in [0.2, 0.25) is 0 Å². The van der Waals surface area contributed by atoms with Gasteiger partial charge < -0.3 is 0 Å². The molecule has 0 saturated heterocycles. The number of halogens is 1. The molecule has 68 valence electrons. The molecular weight excluding hydrogens is 182 g/mol. The van der Waals surface area contributed by atoms with Crippen LogP contribution in [0.3, 0.4) is 0 Å². The molecule has 1 unspecified atom stereocenters. The van der Waals surface area contributed by atoms with Crippen molar-refractivity contribution in [1.29, 1.82) is 5.26 Å². The Bertz CT molecular complexity index is 276. The van der Waals surface area contributed by atoms with Gasteiger partial charge in [0.1, 0.15) is 0 Å². The van der Waals surface area contributed by atoms with Crippen LogP contribution >= 0.6 is 11.6 Å². The van der Waals surface area contributed by atoms with E-state index in [1.165, 1.54) is 5.56 Å². The lowest BCUT2D eigenvalue weighted by atomic mass is 9.99. The molecule has 0 aliphatic heterocycles. The first-order valence-electron chi connectivity index (χ1n) is 4.33. The molecule has 1 rings (SSSR count). The Kier molecular flexibility index (Phi) is 4.35. The van der Waals surface area contributed by atoms with Gasteiger partial charge in [-0.25, -0.2) is 0 Å². The summed E-state index contributed by atoms with van der Waals surface area (Å²) in [5.74, 6) is 0.844. The number of hydrogen-bond acceptors (Lipinski definition) is 1. The van der Waals surface area contributed by atoms with Crippen LogP contribution in [0, 0.1) is 17.2 Å². The summed E-state index contributed by atoms with van der Waals surface area (Å²) >= 11 is 5.75. The minimum atomic E-state index is 0.286. The maximum absolute atomic E-state index is 8.54. The van der Waals surface area contributed by atoms with E-state index in [1.807, 2.05) is 18.2 Å². The molecule has 0 heterocycles. The molecular formula is C11H12ClN. The first-order valence-corrected chi connectivity index (χ1v) is 4.87. The molecule has 0 aliphatic carbocycles. The lowest BCUT2D eigenvalue weighted by molar-refractivity contribution is 0.603. The van der Waals surface area contributed by atoms with Crippen molar-refractivity contribution in [3.05, 3.63) is 35.9 Å². The highest BCUT2D eigenvalue weighted by molar-refractivity contribution is 6.18. The summed E-state index contributed by atoms with van der Waals surface area (Å²) in [6.07, 6.45) is 1.44. The zero-order chi connectivity index (χ0) is 9.52. The second kappa shape index (κ2) is 5.61. The molecule has 1 atom stereocenters. The number of benzene rings is 1. The van der Waals surface area contributed by atoms with Crippen LogP contribution in [0.5, 0.6) is 0 Å². The Morgan fingerprint density at radius 3 is 2.54 bits per heavy atom. The largest absolute Gasteiger partial charge is 0.198 e. The van der Waals surface area contributed by atoms with E-state index >= 15 is 0 Å².